The molecule has 5 rings (SSSR count). The molecule has 3 aromatic rings. The van der Waals surface area contributed by atoms with Crippen molar-refractivity contribution in [3.8, 4) is 11.4 Å². The van der Waals surface area contributed by atoms with Gasteiger partial charge in [0, 0.05) is 42.3 Å². The van der Waals surface area contributed by atoms with E-state index in [0.29, 0.717) is 36.0 Å². The number of fused-ring (bicyclic) bond motifs is 1. The standard InChI is InChI=1S/C23H24ClFN6O.2ClH/c24-16-3-1-2-15(12-16)23(14-26)7-4-17(5-8-23)30-10-11-31-20(28-29-21(31)22(30)32)18-6-9-27-13-19(18)25;;/h1-3,6,9,12-13,17H,4-5,7-8,10-11,14,26H2;2*1H/t17-,23-;;. The number of pyridine rings is 1. The van der Waals surface area contributed by atoms with Gasteiger partial charge < -0.3 is 15.2 Å². The molecule has 1 aromatic carbocycles. The van der Waals surface area contributed by atoms with Crippen molar-refractivity contribution in [2.24, 2.45) is 5.73 Å². The van der Waals surface area contributed by atoms with Gasteiger partial charge in [-0.15, -0.1) is 35.0 Å². The summed E-state index contributed by atoms with van der Waals surface area (Å²) >= 11 is 6.22. The van der Waals surface area contributed by atoms with Gasteiger partial charge >= 0.3 is 0 Å². The minimum atomic E-state index is -0.482. The molecule has 0 radical (unpaired) electrons. The van der Waals surface area contributed by atoms with Crippen molar-refractivity contribution in [3.63, 3.8) is 0 Å². The van der Waals surface area contributed by atoms with Crippen LogP contribution in [-0.2, 0) is 12.0 Å². The number of nitrogens with two attached hydrogens (primary N) is 1. The monoisotopic (exact) mass is 526 g/mol. The fourth-order valence-electron chi connectivity index (χ4n) is 5.11. The van der Waals surface area contributed by atoms with Crippen LogP contribution in [0.25, 0.3) is 11.4 Å². The Morgan fingerprint density at radius 2 is 1.85 bits per heavy atom. The molecule has 34 heavy (non-hydrogen) atoms. The zero-order chi connectivity index (χ0) is 22.3. The van der Waals surface area contributed by atoms with Gasteiger partial charge in [-0.2, -0.15) is 0 Å². The van der Waals surface area contributed by atoms with Gasteiger partial charge in [-0.25, -0.2) is 4.39 Å². The predicted octanol–water partition coefficient (Wildman–Crippen LogP) is 4.27. The molecule has 11 heteroatoms. The van der Waals surface area contributed by atoms with Crippen LogP contribution in [0.3, 0.4) is 0 Å². The number of hydrogen-bond donors (Lipinski definition) is 1. The molecular formula is C23H26Cl3FN6O. The number of carbonyl (C=O) groups excluding carboxylic acids is 1. The van der Waals surface area contributed by atoms with E-state index in [0.717, 1.165) is 31.9 Å². The summed E-state index contributed by atoms with van der Waals surface area (Å²) in [6.07, 6.45) is 6.13. The number of benzene rings is 1. The number of amides is 1. The summed E-state index contributed by atoms with van der Waals surface area (Å²) in [7, 11) is 0. The summed E-state index contributed by atoms with van der Waals surface area (Å²) in [6.45, 7) is 1.61. The van der Waals surface area contributed by atoms with Crippen molar-refractivity contribution in [1.82, 2.24) is 24.6 Å². The molecule has 2 aliphatic rings. The maximum atomic E-state index is 14.2. The fraction of sp³-hybridized carbons (Fsp3) is 0.391. The van der Waals surface area contributed by atoms with E-state index in [1.165, 1.54) is 11.8 Å². The van der Waals surface area contributed by atoms with Crippen molar-refractivity contribution in [3.05, 3.63) is 65.0 Å². The first-order valence-electron chi connectivity index (χ1n) is 10.8. The van der Waals surface area contributed by atoms with Crippen LogP contribution >= 0.6 is 36.4 Å². The van der Waals surface area contributed by atoms with Crippen LogP contribution in [0, 0.1) is 5.82 Å². The summed E-state index contributed by atoms with van der Waals surface area (Å²) in [4.78, 5) is 18.9. The molecule has 0 spiro atoms. The van der Waals surface area contributed by atoms with E-state index in [-0.39, 0.29) is 48.0 Å². The lowest BCUT2D eigenvalue weighted by Crippen LogP contribution is -2.50. The van der Waals surface area contributed by atoms with Crippen LogP contribution in [0.15, 0.2) is 42.7 Å². The normalized spacial score (nSPS) is 21.9. The summed E-state index contributed by atoms with van der Waals surface area (Å²) in [5.74, 6) is -0.0194. The Kier molecular flexibility index (Phi) is 8.18. The molecule has 2 N–H and O–H groups in total. The first-order valence-corrected chi connectivity index (χ1v) is 11.2. The average molecular weight is 528 g/mol. The Labute approximate surface area is 214 Å². The van der Waals surface area contributed by atoms with Gasteiger partial charge in [0.15, 0.2) is 11.6 Å². The predicted molar refractivity (Wildman–Crippen MR) is 133 cm³/mol. The van der Waals surface area contributed by atoms with Crippen LogP contribution in [0.5, 0.6) is 0 Å². The molecule has 1 amide bonds. The van der Waals surface area contributed by atoms with E-state index in [2.05, 4.69) is 21.2 Å². The number of halogens is 4. The molecule has 0 saturated heterocycles. The highest BCUT2D eigenvalue weighted by atomic mass is 35.5. The molecule has 1 saturated carbocycles. The van der Waals surface area contributed by atoms with E-state index in [1.807, 2.05) is 23.1 Å². The van der Waals surface area contributed by atoms with Crippen LogP contribution in [-0.4, -0.2) is 49.7 Å². The second-order valence-electron chi connectivity index (χ2n) is 8.58. The number of hydrogen-bond acceptors (Lipinski definition) is 5. The molecule has 1 aliphatic heterocycles. The van der Waals surface area contributed by atoms with Gasteiger partial charge in [0.2, 0.25) is 5.82 Å². The summed E-state index contributed by atoms with van der Waals surface area (Å²) < 4.78 is 15.9. The lowest BCUT2D eigenvalue weighted by molar-refractivity contribution is 0.0523. The Hall–Kier alpha value is -2.26. The maximum absolute atomic E-state index is 14.2. The lowest BCUT2D eigenvalue weighted by Gasteiger charge is -2.44. The van der Waals surface area contributed by atoms with E-state index < -0.39 is 5.82 Å². The summed E-state index contributed by atoms with van der Waals surface area (Å²) in [6, 6.07) is 9.59. The van der Waals surface area contributed by atoms with E-state index in [4.69, 9.17) is 17.3 Å². The minimum absolute atomic E-state index is 0. The first-order chi connectivity index (χ1) is 15.5. The van der Waals surface area contributed by atoms with Gasteiger partial charge in [0.25, 0.3) is 5.91 Å². The van der Waals surface area contributed by atoms with Gasteiger partial charge in [-0.1, -0.05) is 23.7 Å². The lowest BCUT2D eigenvalue weighted by atomic mass is 9.68. The smallest absolute Gasteiger partial charge is 0.292 e. The molecule has 2 aromatic heterocycles. The third-order valence-electron chi connectivity index (χ3n) is 6.96. The van der Waals surface area contributed by atoms with E-state index in [9.17, 15) is 9.18 Å². The molecule has 7 nitrogen and oxygen atoms in total. The van der Waals surface area contributed by atoms with Crippen molar-refractivity contribution in [2.45, 2.75) is 43.7 Å². The highest BCUT2D eigenvalue weighted by Gasteiger charge is 2.41. The molecule has 182 valence electrons. The topological polar surface area (TPSA) is 89.9 Å². The summed E-state index contributed by atoms with van der Waals surface area (Å²) in [5.41, 5.74) is 7.57. The first kappa shape index (κ1) is 26.3. The molecular weight excluding hydrogens is 502 g/mol. The minimum Gasteiger partial charge on any atom is -0.331 e. The number of carbonyl (C=O) groups is 1. The fourth-order valence-corrected chi connectivity index (χ4v) is 5.30. The van der Waals surface area contributed by atoms with Crippen molar-refractivity contribution < 1.29 is 9.18 Å². The molecule has 0 unspecified atom stereocenters. The van der Waals surface area contributed by atoms with E-state index >= 15 is 0 Å². The van der Waals surface area contributed by atoms with Crippen molar-refractivity contribution in [1.29, 1.82) is 0 Å². The number of nitrogens with zero attached hydrogens (tertiary/aromatic N) is 5. The maximum Gasteiger partial charge on any atom is 0.292 e. The molecule has 3 heterocycles. The van der Waals surface area contributed by atoms with Crippen LogP contribution in [0.1, 0.15) is 41.9 Å². The quantitative estimate of drug-likeness (QED) is 0.547. The van der Waals surface area contributed by atoms with Crippen LogP contribution < -0.4 is 5.73 Å². The van der Waals surface area contributed by atoms with Gasteiger partial charge in [0.1, 0.15) is 0 Å². The second-order valence-corrected chi connectivity index (χ2v) is 9.02. The zero-order valence-corrected chi connectivity index (χ0v) is 20.8. The third kappa shape index (κ3) is 4.52. The highest BCUT2D eigenvalue weighted by Crippen LogP contribution is 2.41. The molecule has 0 bridgehead atoms. The molecule has 0 atom stereocenters. The SMILES string of the molecule is Cl.Cl.NC[C@]1(c2cccc(Cl)c2)CC[C@H](N2CCn3c(nnc3-c3ccncc3F)C2=O)CC1. The second kappa shape index (κ2) is 10.6. The highest BCUT2D eigenvalue weighted by molar-refractivity contribution is 6.30. The molecule has 1 aliphatic carbocycles. The Bertz CT molecular complexity index is 1170. The summed E-state index contributed by atoms with van der Waals surface area (Å²) in [5, 5.41) is 8.93. The Morgan fingerprint density at radius 3 is 2.53 bits per heavy atom. The van der Waals surface area contributed by atoms with Gasteiger partial charge in [-0.3, -0.25) is 9.78 Å². The largest absolute Gasteiger partial charge is 0.331 e. The van der Waals surface area contributed by atoms with Gasteiger partial charge in [-0.05, 0) is 49.4 Å². The third-order valence-corrected chi connectivity index (χ3v) is 7.20. The van der Waals surface area contributed by atoms with Crippen LogP contribution in [0.4, 0.5) is 4.39 Å². The van der Waals surface area contributed by atoms with Crippen molar-refractivity contribution in [2.75, 3.05) is 13.1 Å². The average Bonchev–Trinajstić information content (AvgIpc) is 3.25. The molecule has 1 fully saturated rings. The van der Waals surface area contributed by atoms with Gasteiger partial charge in [0.05, 0.1) is 11.8 Å². The zero-order valence-electron chi connectivity index (χ0n) is 18.4. The van der Waals surface area contributed by atoms with Crippen LogP contribution in [0.2, 0.25) is 5.02 Å². The number of aromatic nitrogens is 4. The van der Waals surface area contributed by atoms with E-state index in [1.54, 1.807) is 10.6 Å². The Morgan fingerprint density at radius 1 is 1.12 bits per heavy atom. The van der Waals surface area contributed by atoms with Crippen molar-refractivity contribution >= 4 is 42.3 Å². The Balaban J connectivity index is 0.00000162. The number of rotatable bonds is 4.